The SMILES string of the molecule is Cc1ccc(S(=O)(=O)NC2CCC(=O)CC2)cc1. The minimum absolute atomic E-state index is 0.117. The molecule has 0 heterocycles. The van der Waals surface area contributed by atoms with Crippen molar-refractivity contribution in [2.24, 2.45) is 0 Å². The van der Waals surface area contributed by atoms with E-state index in [2.05, 4.69) is 4.72 Å². The van der Waals surface area contributed by atoms with Crippen LogP contribution < -0.4 is 4.72 Å². The molecule has 0 aromatic heterocycles. The highest BCUT2D eigenvalue weighted by Crippen LogP contribution is 2.18. The van der Waals surface area contributed by atoms with Crippen molar-refractivity contribution >= 4 is 15.8 Å². The minimum atomic E-state index is -3.46. The first kappa shape index (κ1) is 13.2. The largest absolute Gasteiger partial charge is 0.300 e. The molecule has 1 aliphatic rings. The molecule has 1 N–H and O–H groups in total. The lowest BCUT2D eigenvalue weighted by molar-refractivity contribution is -0.120. The summed E-state index contributed by atoms with van der Waals surface area (Å²) < 4.78 is 26.9. The number of rotatable bonds is 3. The molecule has 98 valence electrons. The van der Waals surface area contributed by atoms with Crippen LogP contribution in [0.25, 0.3) is 0 Å². The molecular formula is C13H17NO3S. The summed E-state index contributed by atoms with van der Waals surface area (Å²) in [6.45, 7) is 1.91. The lowest BCUT2D eigenvalue weighted by Crippen LogP contribution is -2.37. The molecule has 2 rings (SSSR count). The average molecular weight is 267 g/mol. The maximum atomic E-state index is 12.1. The number of sulfonamides is 1. The van der Waals surface area contributed by atoms with Gasteiger partial charge in [0.2, 0.25) is 10.0 Å². The summed E-state index contributed by atoms with van der Waals surface area (Å²) in [5.41, 5.74) is 1.03. The van der Waals surface area contributed by atoms with Crippen LogP contribution in [0.3, 0.4) is 0 Å². The number of hydrogen-bond donors (Lipinski definition) is 1. The molecule has 0 spiro atoms. The van der Waals surface area contributed by atoms with Crippen LogP contribution in [0.1, 0.15) is 31.2 Å². The van der Waals surface area contributed by atoms with E-state index in [1.807, 2.05) is 6.92 Å². The summed E-state index contributed by atoms with van der Waals surface area (Å²) in [4.78, 5) is 11.4. The molecule has 0 bridgehead atoms. The van der Waals surface area contributed by atoms with Crippen molar-refractivity contribution in [3.63, 3.8) is 0 Å². The topological polar surface area (TPSA) is 63.2 Å². The van der Waals surface area contributed by atoms with E-state index in [0.29, 0.717) is 25.7 Å². The number of aryl methyl sites for hydroxylation is 1. The molecule has 1 saturated carbocycles. The van der Waals surface area contributed by atoms with Crippen LogP contribution in [0.5, 0.6) is 0 Å². The van der Waals surface area contributed by atoms with Crippen molar-refractivity contribution in [1.29, 1.82) is 0 Å². The second kappa shape index (κ2) is 5.20. The third kappa shape index (κ3) is 3.17. The molecule has 5 heteroatoms. The summed E-state index contributed by atoms with van der Waals surface area (Å²) in [5, 5.41) is 0. The predicted molar refractivity (Wildman–Crippen MR) is 68.8 cm³/mol. The molecule has 4 nitrogen and oxygen atoms in total. The minimum Gasteiger partial charge on any atom is -0.300 e. The number of Topliss-reactive ketones (excluding diaryl/α,β-unsaturated/α-hetero) is 1. The highest BCUT2D eigenvalue weighted by atomic mass is 32.2. The molecule has 0 amide bonds. The van der Waals surface area contributed by atoms with E-state index in [4.69, 9.17) is 0 Å². The lowest BCUT2D eigenvalue weighted by Gasteiger charge is -2.22. The van der Waals surface area contributed by atoms with Gasteiger partial charge in [-0.15, -0.1) is 0 Å². The Morgan fingerprint density at radius 2 is 1.67 bits per heavy atom. The molecule has 0 radical (unpaired) electrons. The van der Waals surface area contributed by atoms with Gasteiger partial charge in [0.1, 0.15) is 5.78 Å². The van der Waals surface area contributed by atoms with Crippen molar-refractivity contribution < 1.29 is 13.2 Å². The van der Waals surface area contributed by atoms with E-state index >= 15 is 0 Å². The highest BCUT2D eigenvalue weighted by Gasteiger charge is 2.24. The maximum absolute atomic E-state index is 12.1. The van der Waals surface area contributed by atoms with Crippen LogP contribution >= 0.6 is 0 Å². The van der Waals surface area contributed by atoms with Gasteiger partial charge in [-0.1, -0.05) is 17.7 Å². The lowest BCUT2D eigenvalue weighted by atomic mass is 9.95. The molecule has 1 aromatic rings. The normalized spacial score (nSPS) is 17.9. The molecule has 0 unspecified atom stereocenters. The first-order chi connectivity index (χ1) is 8.47. The molecule has 0 saturated heterocycles. The Hall–Kier alpha value is -1.20. The van der Waals surface area contributed by atoms with Gasteiger partial charge < -0.3 is 0 Å². The fraction of sp³-hybridized carbons (Fsp3) is 0.462. The van der Waals surface area contributed by atoms with Crippen LogP contribution in [0.2, 0.25) is 0 Å². The highest BCUT2D eigenvalue weighted by molar-refractivity contribution is 7.89. The van der Waals surface area contributed by atoms with Crippen molar-refractivity contribution in [1.82, 2.24) is 4.72 Å². The van der Waals surface area contributed by atoms with Crippen molar-refractivity contribution in [3.05, 3.63) is 29.8 Å². The summed E-state index contributed by atoms with van der Waals surface area (Å²) >= 11 is 0. The summed E-state index contributed by atoms with van der Waals surface area (Å²) in [7, 11) is -3.46. The van der Waals surface area contributed by atoms with E-state index in [9.17, 15) is 13.2 Å². The van der Waals surface area contributed by atoms with Gasteiger partial charge in [0.15, 0.2) is 0 Å². The van der Waals surface area contributed by atoms with Crippen LogP contribution in [0.15, 0.2) is 29.2 Å². The summed E-state index contributed by atoms with van der Waals surface area (Å²) in [6.07, 6.45) is 2.15. The predicted octanol–water partition coefficient (Wildman–Crippen LogP) is 1.79. The molecule has 0 aliphatic heterocycles. The molecular weight excluding hydrogens is 250 g/mol. The Morgan fingerprint density at radius 1 is 1.11 bits per heavy atom. The Balaban J connectivity index is 2.07. The van der Waals surface area contributed by atoms with Gasteiger partial charge >= 0.3 is 0 Å². The van der Waals surface area contributed by atoms with E-state index in [-0.39, 0.29) is 16.7 Å². The Bertz CT molecular complexity index is 524. The molecule has 1 fully saturated rings. The Labute approximate surface area is 107 Å². The molecule has 1 aliphatic carbocycles. The summed E-state index contributed by atoms with van der Waals surface area (Å²) in [5.74, 6) is 0.223. The fourth-order valence-electron chi connectivity index (χ4n) is 2.06. The van der Waals surface area contributed by atoms with Crippen LogP contribution in [-0.2, 0) is 14.8 Å². The molecule has 1 aromatic carbocycles. The average Bonchev–Trinajstić information content (AvgIpc) is 2.32. The number of nitrogens with one attached hydrogen (secondary N) is 1. The van der Waals surface area contributed by atoms with E-state index in [0.717, 1.165) is 5.56 Å². The zero-order valence-electron chi connectivity index (χ0n) is 10.3. The van der Waals surface area contributed by atoms with Gasteiger partial charge in [0.25, 0.3) is 0 Å². The fourth-order valence-corrected chi connectivity index (χ4v) is 3.37. The number of hydrogen-bond acceptors (Lipinski definition) is 3. The van der Waals surface area contributed by atoms with Crippen molar-refractivity contribution in [3.8, 4) is 0 Å². The monoisotopic (exact) mass is 267 g/mol. The van der Waals surface area contributed by atoms with Crippen molar-refractivity contribution in [2.75, 3.05) is 0 Å². The van der Waals surface area contributed by atoms with Gasteiger partial charge in [-0.05, 0) is 31.9 Å². The van der Waals surface area contributed by atoms with Gasteiger partial charge in [-0.2, -0.15) is 0 Å². The van der Waals surface area contributed by atoms with Gasteiger partial charge in [0, 0.05) is 18.9 Å². The smallest absolute Gasteiger partial charge is 0.240 e. The zero-order chi connectivity index (χ0) is 13.2. The third-order valence-corrected chi connectivity index (χ3v) is 4.73. The molecule has 18 heavy (non-hydrogen) atoms. The Kier molecular flexibility index (Phi) is 3.82. The van der Waals surface area contributed by atoms with Gasteiger partial charge in [0.05, 0.1) is 4.90 Å². The Morgan fingerprint density at radius 3 is 2.22 bits per heavy atom. The number of carbonyl (C=O) groups excluding carboxylic acids is 1. The van der Waals surface area contributed by atoms with E-state index < -0.39 is 10.0 Å². The van der Waals surface area contributed by atoms with Crippen LogP contribution in [0, 0.1) is 6.92 Å². The molecule has 0 atom stereocenters. The third-order valence-electron chi connectivity index (χ3n) is 3.20. The van der Waals surface area contributed by atoms with Gasteiger partial charge in [-0.3, -0.25) is 4.79 Å². The number of ketones is 1. The standard InChI is InChI=1S/C13H17NO3S/c1-10-2-8-13(9-3-10)18(16,17)14-11-4-6-12(15)7-5-11/h2-3,8-9,11,14H,4-7H2,1H3. The zero-order valence-corrected chi connectivity index (χ0v) is 11.2. The number of benzene rings is 1. The number of carbonyl (C=O) groups is 1. The first-order valence-electron chi connectivity index (χ1n) is 6.08. The van der Waals surface area contributed by atoms with Crippen LogP contribution in [-0.4, -0.2) is 20.2 Å². The second-order valence-electron chi connectivity index (χ2n) is 4.75. The quantitative estimate of drug-likeness (QED) is 0.908. The second-order valence-corrected chi connectivity index (χ2v) is 6.46. The summed E-state index contributed by atoms with van der Waals surface area (Å²) in [6, 6.07) is 6.64. The van der Waals surface area contributed by atoms with Crippen molar-refractivity contribution in [2.45, 2.75) is 43.5 Å². The first-order valence-corrected chi connectivity index (χ1v) is 7.56. The van der Waals surface area contributed by atoms with E-state index in [1.165, 1.54) is 0 Å². The maximum Gasteiger partial charge on any atom is 0.240 e. The van der Waals surface area contributed by atoms with Gasteiger partial charge in [-0.25, -0.2) is 13.1 Å². The van der Waals surface area contributed by atoms with E-state index in [1.54, 1.807) is 24.3 Å². The van der Waals surface area contributed by atoms with Crippen LogP contribution in [0.4, 0.5) is 0 Å².